The van der Waals surface area contributed by atoms with Crippen LogP contribution < -0.4 is 0 Å². The van der Waals surface area contributed by atoms with Gasteiger partial charge in [-0.1, -0.05) is 109 Å². The first-order valence-corrected chi connectivity index (χ1v) is 11.9. The molecule has 0 saturated heterocycles. The zero-order valence-electron chi connectivity index (χ0n) is 19.8. The molecule has 6 rings (SSSR count). The normalized spacial score (nSPS) is 17.5. The lowest BCUT2D eigenvalue weighted by Crippen LogP contribution is -2.16. The number of allylic oxidation sites excluding steroid dienone is 6. The summed E-state index contributed by atoms with van der Waals surface area (Å²) in [7, 11) is 0. The van der Waals surface area contributed by atoms with Crippen LogP contribution in [0.3, 0.4) is 0 Å². The molecule has 0 aliphatic heterocycles. The van der Waals surface area contributed by atoms with Crippen LogP contribution in [0.5, 0.6) is 0 Å². The summed E-state index contributed by atoms with van der Waals surface area (Å²) in [6.07, 6.45) is 10.9. The molecule has 1 unspecified atom stereocenters. The molecule has 0 spiro atoms. The highest BCUT2D eigenvalue weighted by Crippen LogP contribution is 2.39. The van der Waals surface area contributed by atoms with Gasteiger partial charge in [-0.3, -0.25) is 0 Å². The Morgan fingerprint density at radius 3 is 2.17 bits per heavy atom. The van der Waals surface area contributed by atoms with E-state index < -0.39 is 0 Å². The maximum atomic E-state index is 4.80. The summed E-state index contributed by atoms with van der Waals surface area (Å²) in [5.41, 5.74) is 2.95. The van der Waals surface area contributed by atoms with Gasteiger partial charge in [0.05, 0.1) is 0 Å². The number of hydrogen-bond donors (Lipinski definition) is 0. The Morgan fingerprint density at radius 2 is 1.34 bits per heavy atom. The van der Waals surface area contributed by atoms with Crippen LogP contribution in [-0.4, -0.2) is 15.0 Å². The molecule has 1 heterocycles. The van der Waals surface area contributed by atoms with Crippen LogP contribution in [0.25, 0.3) is 38.5 Å². The summed E-state index contributed by atoms with van der Waals surface area (Å²) in [5.74, 6) is 2.09. The fourth-order valence-corrected chi connectivity index (χ4v) is 4.88. The van der Waals surface area contributed by atoms with Crippen molar-refractivity contribution in [3.05, 3.63) is 133 Å². The Morgan fingerprint density at radius 1 is 0.657 bits per heavy atom. The molecule has 0 amide bonds. The predicted molar refractivity (Wildman–Crippen MR) is 145 cm³/mol. The highest BCUT2D eigenvalue weighted by Gasteiger charge is 2.25. The topological polar surface area (TPSA) is 38.7 Å². The highest BCUT2D eigenvalue weighted by molar-refractivity contribution is 6.09. The molecule has 3 heteroatoms. The van der Waals surface area contributed by atoms with Crippen molar-refractivity contribution in [1.82, 2.24) is 15.0 Å². The largest absolute Gasteiger partial charge is 0.213 e. The minimum absolute atomic E-state index is 0.285. The zero-order chi connectivity index (χ0) is 23.8. The fraction of sp³-hybridized carbons (Fsp3) is 0.0938. The number of fused-ring (bicyclic) bond motifs is 3. The minimum Gasteiger partial charge on any atom is -0.213 e. The van der Waals surface area contributed by atoms with Gasteiger partial charge in [-0.2, -0.15) is 0 Å². The van der Waals surface area contributed by atoms with Crippen molar-refractivity contribution >= 4 is 27.1 Å². The van der Waals surface area contributed by atoms with E-state index >= 15 is 0 Å². The smallest absolute Gasteiger partial charge is 0.163 e. The summed E-state index contributed by atoms with van der Waals surface area (Å²) < 4.78 is 0. The van der Waals surface area contributed by atoms with Crippen LogP contribution in [0.4, 0.5) is 0 Å². The lowest BCUT2D eigenvalue weighted by Gasteiger charge is -2.25. The Kier molecular flexibility index (Phi) is 5.11. The predicted octanol–water partition coefficient (Wildman–Crippen LogP) is 7.62. The molecule has 0 radical (unpaired) electrons. The number of hydrogen-bond acceptors (Lipinski definition) is 3. The molecule has 0 fully saturated rings. The van der Waals surface area contributed by atoms with Crippen LogP contribution in [0.2, 0.25) is 0 Å². The third-order valence-electron chi connectivity index (χ3n) is 6.71. The van der Waals surface area contributed by atoms with Crippen LogP contribution in [0, 0.1) is 6.92 Å². The SMILES string of the molecule is Cc1nc(C2=CC=CC(C)(c3cc4ccccc4c4ccccc34)C=C2)nc(-c2ccccc2)n1. The molecule has 5 aromatic rings. The molecule has 1 atom stereocenters. The first-order chi connectivity index (χ1) is 17.1. The fourth-order valence-electron chi connectivity index (χ4n) is 4.88. The van der Waals surface area contributed by atoms with E-state index in [1.54, 1.807) is 0 Å². The van der Waals surface area contributed by atoms with E-state index in [1.165, 1.54) is 27.1 Å². The van der Waals surface area contributed by atoms with Gasteiger partial charge < -0.3 is 0 Å². The molecular formula is C32H25N3. The Bertz CT molecular complexity index is 1660. The summed E-state index contributed by atoms with van der Waals surface area (Å²) in [4.78, 5) is 14.0. The number of rotatable bonds is 3. The lowest BCUT2D eigenvalue weighted by atomic mass is 9.78. The van der Waals surface area contributed by atoms with Crippen molar-refractivity contribution in [3.63, 3.8) is 0 Å². The number of aryl methyl sites for hydroxylation is 1. The standard InChI is InChI=1S/C32H25N3/c1-22-33-30(23-11-4-3-5-12-23)35-31(34-22)24-14-10-19-32(2,20-18-24)29-21-25-13-6-7-15-26(25)27-16-8-9-17-28(27)29/h3-21H,1-2H3. The maximum Gasteiger partial charge on any atom is 0.163 e. The molecule has 35 heavy (non-hydrogen) atoms. The molecule has 1 aliphatic carbocycles. The molecule has 1 aliphatic rings. The number of nitrogens with zero attached hydrogens (tertiary/aromatic N) is 3. The minimum atomic E-state index is -0.285. The van der Waals surface area contributed by atoms with Gasteiger partial charge in [0.25, 0.3) is 0 Å². The summed E-state index contributed by atoms with van der Waals surface area (Å²) in [5, 5.41) is 5.09. The highest BCUT2D eigenvalue weighted by atomic mass is 15.0. The second kappa shape index (κ2) is 8.44. The number of aromatic nitrogens is 3. The molecule has 0 saturated carbocycles. The molecule has 1 aromatic heterocycles. The van der Waals surface area contributed by atoms with Crippen molar-refractivity contribution in [2.75, 3.05) is 0 Å². The Balaban J connectivity index is 1.45. The second-order valence-electron chi connectivity index (χ2n) is 9.18. The van der Waals surface area contributed by atoms with E-state index in [2.05, 4.69) is 102 Å². The quantitative estimate of drug-likeness (QED) is 0.265. The van der Waals surface area contributed by atoms with Gasteiger partial charge in [0, 0.05) is 16.6 Å². The average molecular weight is 452 g/mol. The van der Waals surface area contributed by atoms with E-state index in [1.807, 2.05) is 37.3 Å². The van der Waals surface area contributed by atoms with Crippen molar-refractivity contribution in [2.45, 2.75) is 19.3 Å². The van der Waals surface area contributed by atoms with Crippen LogP contribution in [0.1, 0.15) is 24.1 Å². The van der Waals surface area contributed by atoms with Gasteiger partial charge in [0.15, 0.2) is 11.6 Å². The molecule has 4 aromatic carbocycles. The maximum absolute atomic E-state index is 4.80. The molecule has 168 valence electrons. The summed E-state index contributed by atoms with van der Waals surface area (Å²) in [6, 6.07) is 29.7. The van der Waals surface area contributed by atoms with E-state index in [0.717, 1.165) is 11.1 Å². The van der Waals surface area contributed by atoms with Gasteiger partial charge in [-0.25, -0.2) is 15.0 Å². The lowest BCUT2D eigenvalue weighted by molar-refractivity contribution is 0.768. The van der Waals surface area contributed by atoms with Gasteiger partial charge >= 0.3 is 0 Å². The monoisotopic (exact) mass is 451 g/mol. The van der Waals surface area contributed by atoms with E-state index in [0.29, 0.717) is 17.5 Å². The number of benzene rings is 4. The third kappa shape index (κ3) is 3.85. The van der Waals surface area contributed by atoms with Gasteiger partial charge in [0.1, 0.15) is 5.82 Å². The molecular weight excluding hydrogens is 426 g/mol. The van der Waals surface area contributed by atoms with Crippen molar-refractivity contribution in [2.24, 2.45) is 0 Å². The summed E-state index contributed by atoms with van der Waals surface area (Å²) in [6.45, 7) is 4.18. The Labute approximate surface area is 205 Å². The van der Waals surface area contributed by atoms with Crippen LogP contribution in [-0.2, 0) is 5.41 Å². The van der Waals surface area contributed by atoms with Crippen molar-refractivity contribution in [1.29, 1.82) is 0 Å². The van der Waals surface area contributed by atoms with Gasteiger partial charge in [-0.15, -0.1) is 0 Å². The van der Waals surface area contributed by atoms with Crippen molar-refractivity contribution in [3.8, 4) is 11.4 Å². The van der Waals surface area contributed by atoms with Gasteiger partial charge in [-0.05, 0) is 47.0 Å². The first-order valence-electron chi connectivity index (χ1n) is 11.9. The average Bonchev–Trinajstić information content (AvgIpc) is 3.11. The Hall–Kier alpha value is -4.37. The first kappa shape index (κ1) is 21.2. The summed E-state index contributed by atoms with van der Waals surface area (Å²) >= 11 is 0. The molecule has 3 nitrogen and oxygen atoms in total. The van der Waals surface area contributed by atoms with E-state index in [4.69, 9.17) is 4.98 Å². The molecule has 0 bridgehead atoms. The zero-order valence-corrected chi connectivity index (χ0v) is 19.8. The van der Waals surface area contributed by atoms with E-state index in [9.17, 15) is 0 Å². The second-order valence-corrected chi connectivity index (χ2v) is 9.18. The van der Waals surface area contributed by atoms with E-state index in [-0.39, 0.29) is 5.41 Å². The van der Waals surface area contributed by atoms with Crippen molar-refractivity contribution < 1.29 is 0 Å². The van der Waals surface area contributed by atoms with Crippen LogP contribution >= 0.6 is 0 Å². The third-order valence-corrected chi connectivity index (χ3v) is 6.71. The van der Waals surface area contributed by atoms with Gasteiger partial charge in [0.2, 0.25) is 0 Å². The molecule has 0 N–H and O–H groups in total. The van der Waals surface area contributed by atoms with Crippen LogP contribution in [0.15, 0.2) is 115 Å².